The van der Waals surface area contributed by atoms with Crippen LogP contribution in [0, 0.1) is 0 Å². The van der Waals surface area contributed by atoms with Crippen molar-refractivity contribution in [1.29, 1.82) is 0 Å². The molecule has 0 bridgehead atoms. The van der Waals surface area contributed by atoms with Crippen molar-refractivity contribution in [2.24, 2.45) is 5.73 Å². The molecule has 0 radical (unpaired) electrons. The molecule has 0 aliphatic heterocycles. The zero-order valence-electron chi connectivity index (χ0n) is 8.44. The highest BCUT2D eigenvalue weighted by molar-refractivity contribution is 5.23. The fourth-order valence-electron chi connectivity index (χ4n) is 1.19. The molecule has 3 heteroatoms. The average Bonchev–Trinajstić information content (AvgIpc) is 2.26. The Balaban J connectivity index is 2.59. The third-order valence-corrected chi connectivity index (χ3v) is 2.06. The van der Waals surface area contributed by atoms with Crippen LogP contribution in [0.15, 0.2) is 24.3 Å². The molecule has 0 aliphatic rings. The topological polar surface area (TPSA) is 55.5 Å². The van der Waals surface area contributed by atoms with Crippen molar-refractivity contribution in [2.45, 2.75) is 19.6 Å². The third-order valence-electron chi connectivity index (χ3n) is 2.06. The van der Waals surface area contributed by atoms with Crippen molar-refractivity contribution in [3.8, 4) is 0 Å². The maximum Gasteiger partial charge on any atom is 0.0912 e. The predicted molar refractivity (Wildman–Crippen MR) is 55.8 cm³/mol. The minimum Gasteiger partial charge on any atom is -0.387 e. The van der Waals surface area contributed by atoms with Crippen LogP contribution >= 0.6 is 0 Å². The molecule has 0 heterocycles. The Morgan fingerprint density at radius 1 is 1.36 bits per heavy atom. The van der Waals surface area contributed by atoms with Crippen LogP contribution in [0.3, 0.4) is 0 Å². The molecule has 1 rings (SSSR count). The molecule has 14 heavy (non-hydrogen) atoms. The Morgan fingerprint density at radius 3 is 2.50 bits per heavy atom. The van der Waals surface area contributed by atoms with Crippen molar-refractivity contribution in [3.63, 3.8) is 0 Å². The third kappa shape index (κ3) is 3.10. The lowest BCUT2D eigenvalue weighted by Crippen LogP contribution is -2.11. The largest absolute Gasteiger partial charge is 0.387 e. The molecule has 0 spiro atoms. The van der Waals surface area contributed by atoms with E-state index in [0.29, 0.717) is 13.2 Å². The number of hydrogen-bond acceptors (Lipinski definition) is 3. The summed E-state index contributed by atoms with van der Waals surface area (Å²) >= 11 is 0. The van der Waals surface area contributed by atoms with Crippen LogP contribution in [-0.2, 0) is 11.3 Å². The molecule has 78 valence electrons. The number of nitrogens with two attached hydrogens (primary N) is 1. The van der Waals surface area contributed by atoms with E-state index in [2.05, 4.69) is 0 Å². The molecule has 1 aromatic carbocycles. The first-order valence-corrected chi connectivity index (χ1v) is 4.82. The lowest BCUT2D eigenvalue weighted by atomic mass is 10.1. The first-order chi connectivity index (χ1) is 6.77. The summed E-state index contributed by atoms with van der Waals surface area (Å²) in [6.45, 7) is 3.56. The Bertz CT molecular complexity index is 258. The lowest BCUT2D eigenvalue weighted by Gasteiger charge is -2.08. The second-order valence-corrected chi connectivity index (χ2v) is 3.13. The molecule has 0 amide bonds. The van der Waals surface area contributed by atoms with Crippen molar-refractivity contribution in [2.75, 3.05) is 13.2 Å². The molecule has 0 saturated heterocycles. The maximum atomic E-state index is 9.44. The summed E-state index contributed by atoms with van der Waals surface area (Å²) in [4.78, 5) is 0. The molecule has 3 N–H and O–H groups in total. The highest BCUT2D eigenvalue weighted by atomic mass is 16.5. The van der Waals surface area contributed by atoms with Crippen LogP contribution in [0.5, 0.6) is 0 Å². The van der Waals surface area contributed by atoms with Gasteiger partial charge in [-0.3, -0.25) is 0 Å². The van der Waals surface area contributed by atoms with E-state index in [0.717, 1.165) is 11.1 Å². The van der Waals surface area contributed by atoms with Gasteiger partial charge < -0.3 is 15.6 Å². The van der Waals surface area contributed by atoms with Crippen LogP contribution in [0.4, 0.5) is 0 Å². The Morgan fingerprint density at radius 2 is 2.00 bits per heavy atom. The van der Waals surface area contributed by atoms with E-state index in [4.69, 9.17) is 10.5 Å². The van der Waals surface area contributed by atoms with Gasteiger partial charge in [0.15, 0.2) is 0 Å². The van der Waals surface area contributed by atoms with Gasteiger partial charge in [-0.25, -0.2) is 0 Å². The summed E-state index contributed by atoms with van der Waals surface area (Å²) < 4.78 is 5.26. The normalized spacial score (nSPS) is 12.8. The van der Waals surface area contributed by atoms with Crippen molar-refractivity contribution in [3.05, 3.63) is 35.4 Å². The van der Waals surface area contributed by atoms with Gasteiger partial charge in [0.25, 0.3) is 0 Å². The zero-order chi connectivity index (χ0) is 10.4. The van der Waals surface area contributed by atoms with Crippen molar-refractivity contribution >= 4 is 0 Å². The summed E-state index contributed by atoms with van der Waals surface area (Å²) in [5.74, 6) is 0. The van der Waals surface area contributed by atoms with Gasteiger partial charge in [-0.1, -0.05) is 24.3 Å². The highest BCUT2D eigenvalue weighted by Gasteiger charge is 2.03. The van der Waals surface area contributed by atoms with Crippen LogP contribution in [-0.4, -0.2) is 18.3 Å². The van der Waals surface area contributed by atoms with Crippen LogP contribution in [0.2, 0.25) is 0 Å². The minimum atomic E-state index is -0.559. The first kappa shape index (κ1) is 11.2. The highest BCUT2D eigenvalue weighted by Crippen LogP contribution is 2.12. The van der Waals surface area contributed by atoms with Crippen molar-refractivity contribution in [1.82, 2.24) is 0 Å². The van der Waals surface area contributed by atoms with Gasteiger partial charge in [0, 0.05) is 13.2 Å². The molecular weight excluding hydrogens is 178 g/mol. The molecular formula is C11H17NO2. The maximum absolute atomic E-state index is 9.44. The number of benzene rings is 1. The molecule has 1 aromatic rings. The smallest absolute Gasteiger partial charge is 0.0912 e. The van der Waals surface area contributed by atoms with Gasteiger partial charge in [-0.15, -0.1) is 0 Å². The average molecular weight is 195 g/mol. The van der Waals surface area contributed by atoms with E-state index in [1.807, 2.05) is 31.2 Å². The fraction of sp³-hybridized carbons (Fsp3) is 0.455. The number of aliphatic hydroxyl groups is 1. The monoisotopic (exact) mass is 195 g/mol. The fourth-order valence-corrected chi connectivity index (χ4v) is 1.19. The Labute approximate surface area is 84.5 Å². The molecule has 0 aliphatic carbocycles. The van der Waals surface area contributed by atoms with E-state index < -0.39 is 6.10 Å². The van der Waals surface area contributed by atoms with E-state index in [1.54, 1.807) is 0 Å². The molecule has 0 aromatic heterocycles. The number of ether oxygens (including phenoxy) is 1. The van der Waals surface area contributed by atoms with Gasteiger partial charge in [0.1, 0.15) is 0 Å². The summed E-state index contributed by atoms with van der Waals surface area (Å²) in [5.41, 5.74) is 7.31. The standard InChI is InChI=1S/C11H17NO2/c1-2-14-8-9-3-5-10(6-4-9)11(13)7-12/h3-6,11,13H,2,7-8,12H2,1H3. The molecule has 0 fully saturated rings. The number of aliphatic hydroxyl groups excluding tert-OH is 1. The van der Waals surface area contributed by atoms with E-state index >= 15 is 0 Å². The second-order valence-electron chi connectivity index (χ2n) is 3.13. The predicted octanol–water partition coefficient (Wildman–Crippen LogP) is 1.22. The SMILES string of the molecule is CCOCc1ccc(C(O)CN)cc1. The van der Waals surface area contributed by atoms with Gasteiger partial charge in [-0.2, -0.15) is 0 Å². The minimum absolute atomic E-state index is 0.255. The first-order valence-electron chi connectivity index (χ1n) is 4.82. The summed E-state index contributed by atoms with van der Waals surface area (Å²) in [6, 6.07) is 7.66. The molecule has 1 atom stereocenters. The van der Waals surface area contributed by atoms with E-state index in [9.17, 15) is 5.11 Å². The quantitative estimate of drug-likeness (QED) is 0.742. The summed E-state index contributed by atoms with van der Waals surface area (Å²) in [5, 5.41) is 9.44. The van der Waals surface area contributed by atoms with Crippen LogP contribution in [0.25, 0.3) is 0 Å². The summed E-state index contributed by atoms with van der Waals surface area (Å²) in [7, 11) is 0. The van der Waals surface area contributed by atoms with Gasteiger partial charge in [-0.05, 0) is 18.1 Å². The zero-order valence-corrected chi connectivity index (χ0v) is 8.44. The van der Waals surface area contributed by atoms with Gasteiger partial charge >= 0.3 is 0 Å². The van der Waals surface area contributed by atoms with Crippen LogP contribution < -0.4 is 5.73 Å². The van der Waals surface area contributed by atoms with Gasteiger partial charge in [0.2, 0.25) is 0 Å². The number of rotatable bonds is 5. The molecule has 1 unspecified atom stereocenters. The van der Waals surface area contributed by atoms with E-state index in [1.165, 1.54) is 0 Å². The second kappa shape index (κ2) is 5.75. The molecule has 3 nitrogen and oxygen atoms in total. The lowest BCUT2D eigenvalue weighted by molar-refractivity contribution is 0.134. The Hall–Kier alpha value is -0.900. The molecule has 0 saturated carbocycles. The summed E-state index contributed by atoms with van der Waals surface area (Å²) in [6.07, 6.45) is -0.559. The Kier molecular flexibility index (Phi) is 4.59. The number of hydrogen-bond donors (Lipinski definition) is 2. The van der Waals surface area contributed by atoms with E-state index in [-0.39, 0.29) is 6.54 Å². The van der Waals surface area contributed by atoms with Crippen LogP contribution in [0.1, 0.15) is 24.2 Å². The van der Waals surface area contributed by atoms with Crippen molar-refractivity contribution < 1.29 is 9.84 Å². The van der Waals surface area contributed by atoms with Gasteiger partial charge in [0.05, 0.1) is 12.7 Å².